The number of benzene rings is 1. The van der Waals surface area contributed by atoms with E-state index in [4.69, 9.17) is 0 Å². The van der Waals surface area contributed by atoms with Crippen molar-refractivity contribution < 1.29 is 4.79 Å². The van der Waals surface area contributed by atoms with Crippen molar-refractivity contribution in [1.29, 1.82) is 0 Å². The Morgan fingerprint density at radius 1 is 1.46 bits per heavy atom. The maximum Gasteiger partial charge on any atom is 0.251 e. The molecule has 69 valence electrons. The van der Waals surface area contributed by atoms with Crippen LogP contribution in [0.5, 0.6) is 0 Å². The molecule has 13 heavy (non-hydrogen) atoms. The van der Waals surface area contributed by atoms with Gasteiger partial charge in [0.05, 0.1) is 0 Å². The van der Waals surface area contributed by atoms with Crippen molar-refractivity contribution in [3.63, 3.8) is 0 Å². The van der Waals surface area contributed by atoms with E-state index in [1.807, 2.05) is 31.2 Å². The molecule has 1 N–H and O–H groups in total. The summed E-state index contributed by atoms with van der Waals surface area (Å²) in [6.45, 7) is 6.04. The second-order valence-corrected chi connectivity index (χ2v) is 2.77. The van der Waals surface area contributed by atoms with Gasteiger partial charge < -0.3 is 5.32 Å². The van der Waals surface area contributed by atoms with Gasteiger partial charge in [-0.05, 0) is 25.0 Å². The smallest absolute Gasteiger partial charge is 0.251 e. The van der Waals surface area contributed by atoms with E-state index in [1.165, 1.54) is 0 Å². The summed E-state index contributed by atoms with van der Waals surface area (Å²) < 4.78 is 0. The van der Waals surface area contributed by atoms with Gasteiger partial charge in [-0.2, -0.15) is 0 Å². The molecular formula is C11H14NO. The zero-order valence-electron chi connectivity index (χ0n) is 7.84. The number of amides is 1. The van der Waals surface area contributed by atoms with Crippen LogP contribution in [0.25, 0.3) is 0 Å². The highest BCUT2D eigenvalue weighted by molar-refractivity contribution is 5.95. The molecule has 0 bridgehead atoms. The molecule has 0 saturated heterocycles. The molecule has 1 radical (unpaired) electrons. The first-order chi connectivity index (χ1) is 6.29. The Balaban J connectivity index is 2.92. The number of hydrogen-bond donors (Lipinski definition) is 1. The number of rotatable bonds is 3. The summed E-state index contributed by atoms with van der Waals surface area (Å²) in [4.78, 5) is 11.5. The van der Waals surface area contributed by atoms with Crippen LogP contribution in [0.2, 0.25) is 0 Å². The molecule has 0 aliphatic heterocycles. The minimum absolute atomic E-state index is 0.0348. The van der Waals surface area contributed by atoms with Crippen LogP contribution in [0.1, 0.15) is 22.8 Å². The molecule has 0 aliphatic carbocycles. The monoisotopic (exact) mass is 176 g/mol. The van der Waals surface area contributed by atoms with Crippen LogP contribution in [0.4, 0.5) is 0 Å². The Kier molecular flexibility index (Phi) is 3.50. The highest BCUT2D eigenvalue weighted by atomic mass is 16.1. The normalized spacial score (nSPS) is 9.69. The third-order valence-corrected chi connectivity index (χ3v) is 1.93. The highest BCUT2D eigenvalue weighted by Crippen LogP contribution is 2.08. The summed E-state index contributed by atoms with van der Waals surface area (Å²) in [6, 6.07) is 7.62. The SMILES string of the molecule is [CH2]CNC(=O)c1ccccc1CC. The van der Waals surface area contributed by atoms with Gasteiger partial charge in [-0.3, -0.25) is 4.79 Å². The van der Waals surface area contributed by atoms with Crippen LogP contribution in [-0.2, 0) is 6.42 Å². The highest BCUT2D eigenvalue weighted by Gasteiger charge is 2.07. The lowest BCUT2D eigenvalue weighted by molar-refractivity contribution is 0.0957. The van der Waals surface area contributed by atoms with Gasteiger partial charge >= 0.3 is 0 Å². The summed E-state index contributed by atoms with van der Waals surface area (Å²) in [5, 5.41) is 2.69. The molecule has 0 aromatic heterocycles. The van der Waals surface area contributed by atoms with E-state index in [0.717, 1.165) is 17.5 Å². The Labute approximate surface area is 79.0 Å². The first-order valence-corrected chi connectivity index (χ1v) is 4.45. The number of hydrogen-bond acceptors (Lipinski definition) is 1. The summed E-state index contributed by atoms with van der Waals surface area (Å²) in [6.07, 6.45) is 0.876. The van der Waals surface area contributed by atoms with Crippen LogP contribution in [0.3, 0.4) is 0 Å². The average molecular weight is 176 g/mol. The lowest BCUT2D eigenvalue weighted by Crippen LogP contribution is -2.23. The molecule has 0 saturated carbocycles. The second kappa shape index (κ2) is 4.65. The lowest BCUT2D eigenvalue weighted by Gasteiger charge is -2.06. The minimum atomic E-state index is -0.0348. The second-order valence-electron chi connectivity index (χ2n) is 2.77. The number of carbonyl (C=O) groups excluding carboxylic acids is 1. The Bertz CT molecular complexity index is 294. The minimum Gasteiger partial charge on any atom is -0.352 e. The third kappa shape index (κ3) is 2.31. The fourth-order valence-electron chi connectivity index (χ4n) is 1.26. The van der Waals surface area contributed by atoms with E-state index < -0.39 is 0 Å². The average Bonchev–Trinajstić information content (AvgIpc) is 2.18. The first-order valence-electron chi connectivity index (χ1n) is 4.45. The molecule has 1 amide bonds. The van der Waals surface area contributed by atoms with E-state index in [0.29, 0.717) is 6.54 Å². The molecule has 0 aliphatic rings. The Hall–Kier alpha value is -1.31. The van der Waals surface area contributed by atoms with Crippen LogP contribution >= 0.6 is 0 Å². The van der Waals surface area contributed by atoms with Gasteiger partial charge in [0, 0.05) is 12.1 Å². The molecule has 2 nitrogen and oxygen atoms in total. The molecule has 2 heteroatoms. The van der Waals surface area contributed by atoms with Crippen molar-refractivity contribution in [2.24, 2.45) is 0 Å². The van der Waals surface area contributed by atoms with Crippen LogP contribution < -0.4 is 5.32 Å². The third-order valence-electron chi connectivity index (χ3n) is 1.93. The maximum atomic E-state index is 11.5. The fourth-order valence-corrected chi connectivity index (χ4v) is 1.26. The quantitative estimate of drug-likeness (QED) is 0.747. The number of nitrogens with one attached hydrogen (secondary N) is 1. The van der Waals surface area contributed by atoms with Crippen molar-refractivity contribution in [2.75, 3.05) is 6.54 Å². The van der Waals surface area contributed by atoms with Gasteiger partial charge in [0.15, 0.2) is 0 Å². The molecule has 0 heterocycles. The van der Waals surface area contributed by atoms with E-state index in [-0.39, 0.29) is 5.91 Å². The van der Waals surface area contributed by atoms with E-state index in [2.05, 4.69) is 12.2 Å². The van der Waals surface area contributed by atoms with Crippen molar-refractivity contribution in [3.8, 4) is 0 Å². The predicted octanol–water partition coefficient (Wildman–Crippen LogP) is 1.81. The number of carbonyl (C=O) groups is 1. The van der Waals surface area contributed by atoms with Gasteiger partial charge in [-0.25, -0.2) is 0 Å². The van der Waals surface area contributed by atoms with Crippen LogP contribution in [0.15, 0.2) is 24.3 Å². The Morgan fingerprint density at radius 3 is 2.77 bits per heavy atom. The van der Waals surface area contributed by atoms with Gasteiger partial charge in [0.25, 0.3) is 5.91 Å². The summed E-state index contributed by atoms with van der Waals surface area (Å²) >= 11 is 0. The zero-order valence-corrected chi connectivity index (χ0v) is 7.84. The van der Waals surface area contributed by atoms with Crippen LogP contribution in [-0.4, -0.2) is 12.5 Å². The van der Waals surface area contributed by atoms with E-state index in [9.17, 15) is 4.79 Å². The molecule has 0 spiro atoms. The largest absolute Gasteiger partial charge is 0.352 e. The maximum absolute atomic E-state index is 11.5. The fraction of sp³-hybridized carbons (Fsp3) is 0.273. The molecule has 1 aromatic rings. The molecule has 1 aromatic carbocycles. The van der Waals surface area contributed by atoms with Crippen molar-refractivity contribution in [3.05, 3.63) is 42.3 Å². The van der Waals surface area contributed by atoms with Crippen LogP contribution in [0, 0.1) is 6.92 Å². The summed E-state index contributed by atoms with van der Waals surface area (Å²) in [5.74, 6) is -0.0348. The molecule has 0 fully saturated rings. The molecular weight excluding hydrogens is 162 g/mol. The lowest BCUT2D eigenvalue weighted by atomic mass is 10.1. The van der Waals surface area contributed by atoms with Gasteiger partial charge in [-0.1, -0.05) is 25.1 Å². The first kappa shape index (κ1) is 9.78. The van der Waals surface area contributed by atoms with E-state index in [1.54, 1.807) is 0 Å². The standard InChI is InChI=1S/C11H14NO/c1-3-9-7-5-6-8-10(9)11(13)12-4-2/h5-8H,2-4H2,1H3,(H,12,13). The van der Waals surface area contributed by atoms with Gasteiger partial charge in [-0.15, -0.1) is 0 Å². The van der Waals surface area contributed by atoms with Gasteiger partial charge in [0.2, 0.25) is 0 Å². The topological polar surface area (TPSA) is 29.1 Å². The Morgan fingerprint density at radius 2 is 2.15 bits per heavy atom. The zero-order chi connectivity index (χ0) is 9.68. The van der Waals surface area contributed by atoms with Crippen molar-refractivity contribution in [1.82, 2.24) is 5.32 Å². The van der Waals surface area contributed by atoms with E-state index >= 15 is 0 Å². The molecule has 0 atom stereocenters. The summed E-state index contributed by atoms with van der Waals surface area (Å²) in [5.41, 5.74) is 1.84. The van der Waals surface area contributed by atoms with Crippen molar-refractivity contribution in [2.45, 2.75) is 13.3 Å². The van der Waals surface area contributed by atoms with Crippen molar-refractivity contribution >= 4 is 5.91 Å². The number of aryl methyl sites for hydroxylation is 1. The molecule has 0 unspecified atom stereocenters. The molecule has 1 rings (SSSR count). The predicted molar refractivity (Wildman–Crippen MR) is 53.5 cm³/mol. The summed E-state index contributed by atoms with van der Waals surface area (Å²) in [7, 11) is 0. The van der Waals surface area contributed by atoms with Gasteiger partial charge in [0.1, 0.15) is 0 Å².